The number of hydrogen-bond donors (Lipinski definition) is 2. The average Bonchev–Trinajstić information content (AvgIpc) is 2.76. The number of aromatic nitrogens is 2. The fraction of sp³-hybridized carbons (Fsp3) is 0.467. The molecule has 0 aliphatic carbocycles. The van der Waals surface area contributed by atoms with Crippen LogP contribution in [-0.2, 0) is 9.53 Å². The average molecular weight is 323 g/mol. The van der Waals surface area contributed by atoms with Crippen LogP contribution in [0.25, 0.3) is 5.52 Å². The fourth-order valence-corrected chi connectivity index (χ4v) is 2.81. The highest BCUT2D eigenvalue weighted by Crippen LogP contribution is 2.21. The molecule has 0 aromatic carbocycles. The van der Waals surface area contributed by atoms with E-state index in [1.54, 1.807) is 6.20 Å². The number of nitrogens with one attached hydrogen (secondary N) is 2. The quantitative estimate of drug-likeness (QED) is 0.896. The zero-order valence-corrected chi connectivity index (χ0v) is 13.1. The summed E-state index contributed by atoms with van der Waals surface area (Å²) in [5.41, 5.74) is 0.833. The van der Waals surface area contributed by atoms with Crippen molar-refractivity contribution in [1.29, 1.82) is 0 Å². The number of ether oxygens (including phenoxy) is 1. The molecule has 22 heavy (non-hydrogen) atoms. The number of fused-ring (bicyclic) bond motifs is 1. The van der Waals surface area contributed by atoms with Crippen molar-refractivity contribution in [3.05, 3.63) is 35.4 Å². The molecule has 0 radical (unpaired) electrons. The first-order valence-electron chi connectivity index (χ1n) is 7.37. The van der Waals surface area contributed by atoms with Gasteiger partial charge in [0.15, 0.2) is 0 Å². The summed E-state index contributed by atoms with van der Waals surface area (Å²) in [4.78, 5) is 16.8. The molecule has 1 fully saturated rings. The van der Waals surface area contributed by atoms with E-state index < -0.39 is 0 Å². The van der Waals surface area contributed by atoms with E-state index in [-0.39, 0.29) is 17.9 Å². The maximum Gasteiger partial charge on any atom is 0.227 e. The Hall–Kier alpha value is -1.63. The standard InChI is InChI=1S/C15H19ClN4O2/c1-10(19-15(21)11-7-17-4-6-22-9-11)14-18-8-13-12(16)3-2-5-20(13)14/h2-3,5,8,10-11,17H,4,6-7,9H2,1H3,(H,19,21). The van der Waals surface area contributed by atoms with Gasteiger partial charge in [0, 0.05) is 19.3 Å². The Morgan fingerprint density at radius 2 is 2.50 bits per heavy atom. The first kappa shape index (κ1) is 15.3. The summed E-state index contributed by atoms with van der Waals surface area (Å²) in [6.07, 6.45) is 3.61. The van der Waals surface area contributed by atoms with E-state index in [0.29, 0.717) is 24.8 Å². The van der Waals surface area contributed by atoms with Gasteiger partial charge in [-0.05, 0) is 19.1 Å². The first-order chi connectivity index (χ1) is 10.7. The van der Waals surface area contributed by atoms with Crippen LogP contribution in [0.1, 0.15) is 18.8 Å². The zero-order valence-electron chi connectivity index (χ0n) is 12.4. The minimum atomic E-state index is -0.211. The predicted octanol–water partition coefficient (Wildman–Crippen LogP) is 1.40. The molecule has 2 N–H and O–H groups in total. The summed E-state index contributed by atoms with van der Waals surface area (Å²) in [6, 6.07) is 3.47. The van der Waals surface area contributed by atoms with Crippen molar-refractivity contribution in [2.45, 2.75) is 13.0 Å². The number of nitrogens with zero attached hydrogens (tertiary/aromatic N) is 2. The molecular weight excluding hydrogens is 304 g/mol. The Bertz CT molecular complexity index is 665. The Labute approximate surface area is 133 Å². The van der Waals surface area contributed by atoms with Crippen LogP contribution in [0, 0.1) is 5.92 Å². The maximum atomic E-state index is 12.4. The number of hydrogen-bond acceptors (Lipinski definition) is 4. The summed E-state index contributed by atoms with van der Waals surface area (Å²) in [7, 11) is 0. The van der Waals surface area contributed by atoms with E-state index in [1.165, 1.54) is 0 Å². The van der Waals surface area contributed by atoms with Crippen molar-refractivity contribution in [2.24, 2.45) is 5.92 Å². The third-order valence-electron chi connectivity index (χ3n) is 3.80. The van der Waals surface area contributed by atoms with Crippen LogP contribution < -0.4 is 10.6 Å². The van der Waals surface area contributed by atoms with Crippen LogP contribution >= 0.6 is 11.6 Å². The molecule has 3 rings (SSSR count). The van der Waals surface area contributed by atoms with Crippen molar-refractivity contribution in [1.82, 2.24) is 20.0 Å². The molecule has 0 spiro atoms. The van der Waals surface area contributed by atoms with Gasteiger partial charge in [0.05, 0.1) is 41.9 Å². The molecule has 7 heteroatoms. The van der Waals surface area contributed by atoms with E-state index in [2.05, 4.69) is 15.6 Å². The highest BCUT2D eigenvalue weighted by atomic mass is 35.5. The Balaban J connectivity index is 1.74. The molecule has 2 atom stereocenters. The third kappa shape index (κ3) is 3.09. The topological polar surface area (TPSA) is 67.7 Å². The van der Waals surface area contributed by atoms with Crippen molar-refractivity contribution < 1.29 is 9.53 Å². The second-order valence-electron chi connectivity index (χ2n) is 5.43. The van der Waals surface area contributed by atoms with Gasteiger partial charge < -0.3 is 19.8 Å². The molecule has 1 aliphatic rings. The fourth-order valence-electron chi connectivity index (χ4n) is 2.60. The molecule has 6 nitrogen and oxygen atoms in total. The van der Waals surface area contributed by atoms with Crippen LogP contribution in [0.4, 0.5) is 0 Å². The number of pyridine rings is 1. The minimum Gasteiger partial charge on any atom is -0.379 e. The van der Waals surface area contributed by atoms with Gasteiger partial charge in [0.25, 0.3) is 0 Å². The highest BCUT2D eigenvalue weighted by Gasteiger charge is 2.23. The monoisotopic (exact) mass is 322 g/mol. The number of carbonyl (C=O) groups is 1. The van der Waals surface area contributed by atoms with Crippen LogP contribution in [0.2, 0.25) is 5.02 Å². The molecule has 0 saturated carbocycles. The SMILES string of the molecule is CC(NC(=O)C1CNCCOC1)c1ncc2c(Cl)cccn12. The third-order valence-corrected chi connectivity index (χ3v) is 4.12. The van der Waals surface area contributed by atoms with Crippen molar-refractivity contribution in [3.63, 3.8) is 0 Å². The number of carbonyl (C=O) groups excluding carboxylic acids is 1. The molecule has 2 unspecified atom stereocenters. The lowest BCUT2D eigenvalue weighted by molar-refractivity contribution is -0.127. The van der Waals surface area contributed by atoms with E-state index >= 15 is 0 Å². The summed E-state index contributed by atoms with van der Waals surface area (Å²) < 4.78 is 7.32. The molecule has 2 aromatic heterocycles. The van der Waals surface area contributed by atoms with E-state index in [9.17, 15) is 4.79 Å². The van der Waals surface area contributed by atoms with Crippen LogP contribution in [0.3, 0.4) is 0 Å². The van der Waals surface area contributed by atoms with Crippen molar-refractivity contribution >= 4 is 23.0 Å². The lowest BCUT2D eigenvalue weighted by atomic mass is 10.1. The van der Waals surface area contributed by atoms with Gasteiger partial charge in [-0.3, -0.25) is 4.79 Å². The van der Waals surface area contributed by atoms with Crippen LogP contribution in [0.5, 0.6) is 0 Å². The summed E-state index contributed by atoms with van der Waals surface area (Å²) in [5, 5.41) is 6.85. The van der Waals surface area contributed by atoms with Gasteiger partial charge in [0.2, 0.25) is 5.91 Å². The molecular formula is C15H19ClN4O2. The maximum absolute atomic E-state index is 12.4. The number of halogens is 1. The van der Waals surface area contributed by atoms with E-state index in [4.69, 9.17) is 16.3 Å². The van der Waals surface area contributed by atoms with E-state index in [0.717, 1.165) is 17.9 Å². The van der Waals surface area contributed by atoms with Crippen LogP contribution in [-0.4, -0.2) is 41.6 Å². The number of amides is 1. The summed E-state index contributed by atoms with van der Waals surface area (Å²) in [6.45, 7) is 4.41. The van der Waals surface area contributed by atoms with Gasteiger partial charge >= 0.3 is 0 Å². The number of rotatable bonds is 3. The second-order valence-corrected chi connectivity index (χ2v) is 5.84. The molecule has 118 valence electrons. The highest BCUT2D eigenvalue weighted by molar-refractivity contribution is 6.33. The lowest BCUT2D eigenvalue weighted by Crippen LogP contribution is -2.39. The minimum absolute atomic E-state index is 0.0271. The van der Waals surface area contributed by atoms with Gasteiger partial charge in [-0.15, -0.1) is 0 Å². The lowest BCUT2D eigenvalue weighted by Gasteiger charge is -2.18. The van der Waals surface area contributed by atoms with Gasteiger partial charge in [0.1, 0.15) is 5.82 Å². The summed E-state index contributed by atoms with van der Waals surface area (Å²) >= 11 is 6.15. The van der Waals surface area contributed by atoms with Crippen molar-refractivity contribution in [2.75, 3.05) is 26.3 Å². The smallest absolute Gasteiger partial charge is 0.227 e. The second kappa shape index (κ2) is 6.64. The molecule has 2 aromatic rings. The Morgan fingerprint density at radius 1 is 1.64 bits per heavy atom. The van der Waals surface area contributed by atoms with Gasteiger partial charge in [-0.1, -0.05) is 11.6 Å². The normalized spacial score (nSPS) is 20.5. The molecule has 1 amide bonds. The Kier molecular flexibility index (Phi) is 4.61. The summed E-state index contributed by atoms with van der Waals surface area (Å²) in [5.74, 6) is 0.550. The molecule has 1 aliphatic heterocycles. The van der Waals surface area contributed by atoms with E-state index in [1.807, 2.05) is 29.7 Å². The van der Waals surface area contributed by atoms with Crippen molar-refractivity contribution in [3.8, 4) is 0 Å². The van der Waals surface area contributed by atoms with Gasteiger partial charge in [-0.25, -0.2) is 4.98 Å². The predicted molar refractivity (Wildman–Crippen MR) is 83.9 cm³/mol. The molecule has 3 heterocycles. The first-order valence-corrected chi connectivity index (χ1v) is 7.75. The van der Waals surface area contributed by atoms with Crippen LogP contribution in [0.15, 0.2) is 24.5 Å². The zero-order chi connectivity index (χ0) is 15.5. The largest absolute Gasteiger partial charge is 0.379 e. The van der Waals surface area contributed by atoms with Gasteiger partial charge in [-0.2, -0.15) is 0 Å². The molecule has 0 bridgehead atoms. The molecule has 1 saturated heterocycles. The Morgan fingerprint density at radius 3 is 3.36 bits per heavy atom. The number of imidazole rings is 1.